The predicted octanol–water partition coefficient (Wildman–Crippen LogP) is 4.06. The van der Waals surface area contributed by atoms with Crippen LogP contribution in [0.25, 0.3) is 16.8 Å². The lowest BCUT2D eigenvalue weighted by atomic mass is 10.1. The molecule has 8 heteroatoms. The summed E-state index contributed by atoms with van der Waals surface area (Å²) < 4.78 is 2.84. The summed E-state index contributed by atoms with van der Waals surface area (Å²) in [5, 5.41) is 11.7. The van der Waals surface area contributed by atoms with Gasteiger partial charge in [-0.25, -0.2) is 4.98 Å². The summed E-state index contributed by atoms with van der Waals surface area (Å²) in [7, 11) is 0. The van der Waals surface area contributed by atoms with Crippen molar-refractivity contribution >= 4 is 45.7 Å². The second kappa shape index (κ2) is 6.93. The minimum atomic E-state index is 0.236. The van der Waals surface area contributed by atoms with E-state index in [4.69, 9.17) is 11.6 Å². The number of hydrogen-bond acceptors (Lipinski definition) is 5. The minimum Gasteiger partial charge on any atom is -0.365 e. The summed E-state index contributed by atoms with van der Waals surface area (Å²) in [5.74, 6) is 0.734. The Bertz CT molecular complexity index is 1030. The molecule has 0 radical (unpaired) electrons. The normalized spacial score (nSPS) is 11.0. The maximum atomic E-state index is 5.85. The number of hydrogen-bond donors (Lipinski definition) is 1. The Labute approximate surface area is 162 Å². The largest absolute Gasteiger partial charge is 0.365 e. The van der Waals surface area contributed by atoms with E-state index in [0.717, 1.165) is 31.7 Å². The van der Waals surface area contributed by atoms with Crippen LogP contribution in [0.1, 0.15) is 5.56 Å². The molecule has 1 N–H and O–H groups in total. The monoisotopic (exact) mass is 462 g/mol. The first kappa shape index (κ1) is 16.2. The van der Waals surface area contributed by atoms with Crippen LogP contribution >= 0.6 is 34.2 Å². The number of fused-ring (bicyclic) bond motifs is 1. The zero-order chi connectivity index (χ0) is 17.2. The third-order valence-corrected chi connectivity index (χ3v) is 4.73. The zero-order valence-electron chi connectivity index (χ0n) is 12.9. The molecule has 3 heterocycles. The van der Waals surface area contributed by atoms with Crippen molar-refractivity contribution in [1.29, 1.82) is 0 Å². The van der Waals surface area contributed by atoms with Crippen LogP contribution in [0.2, 0.25) is 5.28 Å². The van der Waals surface area contributed by atoms with E-state index in [9.17, 15) is 0 Å². The average Bonchev–Trinajstić information content (AvgIpc) is 3.12. The molecule has 0 aliphatic rings. The molecule has 4 aromatic rings. The summed E-state index contributed by atoms with van der Waals surface area (Å²) >= 11 is 8.03. The van der Waals surface area contributed by atoms with E-state index in [2.05, 4.69) is 72.3 Å². The maximum Gasteiger partial charge on any atom is 0.224 e. The second-order valence-electron chi connectivity index (χ2n) is 5.37. The predicted molar refractivity (Wildman–Crippen MR) is 106 cm³/mol. The number of benzene rings is 1. The van der Waals surface area contributed by atoms with Gasteiger partial charge < -0.3 is 5.32 Å². The lowest BCUT2D eigenvalue weighted by Crippen LogP contribution is -2.04. The highest BCUT2D eigenvalue weighted by Crippen LogP contribution is 2.24. The fourth-order valence-electron chi connectivity index (χ4n) is 2.53. The van der Waals surface area contributed by atoms with Gasteiger partial charge in [-0.2, -0.15) is 4.98 Å². The summed E-state index contributed by atoms with van der Waals surface area (Å²) in [4.78, 5) is 8.15. The number of nitrogens with one attached hydrogen (secondary N) is 1. The summed E-state index contributed by atoms with van der Waals surface area (Å²) in [6.45, 7) is 0.652. The molecule has 124 valence electrons. The topological polar surface area (TPSA) is 68.0 Å². The molecule has 0 unspecified atom stereocenters. The van der Waals surface area contributed by atoms with Gasteiger partial charge in [-0.05, 0) is 57.5 Å². The fourth-order valence-corrected chi connectivity index (χ4v) is 3.12. The van der Waals surface area contributed by atoms with Gasteiger partial charge in [-0.15, -0.1) is 10.2 Å². The molecule has 0 aliphatic carbocycles. The highest BCUT2D eigenvalue weighted by atomic mass is 127. The van der Waals surface area contributed by atoms with E-state index in [-0.39, 0.29) is 5.28 Å². The Balaban J connectivity index is 1.54. The van der Waals surface area contributed by atoms with Gasteiger partial charge >= 0.3 is 0 Å². The maximum absolute atomic E-state index is 5.85. The number of anilines is 1. The molecular formula is C17H12ClIN6. The lowest BCUT2D eigenvalue weighted by Gasteiger charge is -2.09. The number of halogens is 2. The number of nitrogens with zero attached hydrogens (tertiary/aromatic N) is 5. The summed E-state index contributed by atoms with van der Waals surface area (Å²) in [6.07, 6.45) is 5.33. The highest BCUT2D eigenvalue weighted by Gasteiger charge is 2.07. The van der Waals surface area contributed by atoms with Gasteiger partial charge in [0.05, 0.1) is 3.57 Å². The summed E-state index contributed by atoms with van der Waals surface area (Å²) in [5.41, 5.74) is 4.14. The second-order valence-corrected chi connectivity index (χ2v) is 6.87. The van der Waals surface area contributed by atoms with E-state index in [1.807, 2.05) is 22.7 Å². The van der Waals surface area contributed by atoms with Crippen LogP contribution in [-0.4, -0.2) is 24.6 Å². The quantitative estimate of drug-likeness (QED) is 0.366. The first-order valence-corrected chi connectivity index (χ1v) is 8.96. The Morgan fingerprint density at radius 1 is 1.16 bits per heavy atom. The lowest BCUT2D eigenvalue weighted by molar-refractivity contribution is 1.07. The van der Waals surface area contributed by atoms with Crippen LogP contribution in [0.4, 0.5) is 5.82 Å². The molecule has 0 atom stereocenters. The third-order valence-electron chi connectivity index (χ3n) is 3.76. The molecular weight excluding hydrogens is 451 g/mol. The molecule has 0 spiro atoms. The van der Waals surface area contributed by atoms with Crippen molar-refractivity contribution in [2.45, 2.75) is 6.54 Å². The molecule has 0 saturated carbocycles. The van der Waals surface area contributed by atoms with Crippen molar-refractivity contribution in [2.24, 2.45) is 0 Å². The van der Waals surface area contributed by atoms with Crippen LogP contribution in [0.5, 0.6) is 0 Å². The van der Waals surface area contributed by atoms with Gasteiger partial charge in [0.25, 0.3) is 0 Å². The van der Waals surface area contributed by atoms with Gasteiger partial charge in [0.15, 0.2) is 5.65 Å². The molecule has 0 fully saturated rings. The van der Waals surface area contributed by atoms with Crippen LogP contribution < -0.4 is 5.32 Å². The molecule has 25 heavy (non-hydrogen) atoms. The highest BCUT2D eigenvalue weighted by molar-refractivity contribution is 14.1. The fraction of sp³-hybridized carbons (Fsp3) is 0.0588. The first-order valence-electron chi connectivity index (χ1n) is 7.50. The van der Waals surface area contributed by atoms with E-state index in [0.29, 0.717) is 6.54 Å². The smallest absolute Gasteiger partial charge is 0.224 e. The first-order chi connectivity index (χ1) is 12.2. The van der Waals surface area contributed by atoms with Gasteiger partial charge in [0, 0.05) is 24.5 Å². The molecule has 0 aliphatic heterocycles. The van der Waals surface area contributed by atoms with Crippen LogP contribution in [-0.2, 0) is 6.54 Å². The minimum absolute atomic E-state index is 0.236. The molecule has 3 aromatic heterocycles. The third kappa shape index (κ3) is 3.42. The van der Waals surface area contributed by atoms with Crippen LogP contribution in [0, 0.1) is 3.57 Å². The molecule has 1 aromatic carbocycles. The van der Waals surface area contributed by atoms with Crippen molar-refractivity contribution in [3.05, 3.63) is 69.5 Å². The molecule has 0 amide bonds. The van der Waals surface area contributed by atoms with Crippen molar-refractivity contribution in [3.8, 4) is 11.1 Å². The Morgan fingerprint density at radius 3 is 2.84 bits per heavy atom. The van der Waals surface area contributed by atoms with Gasteiger partial charge in [0.1, 0.15) is 12.1 Å². The van der Waals surface area contributed by atoms with Crippen LogP contribution in [0.3, 0.4) is 0 Å². The van der Waals surface area contributed by atoms with E-state index >= 15 is 0 Å². The van der Waals surface area contributed by atoms with Crippen molar-refractivity contribution in [2.75, 3.05) is 5.32 Å². The van der Waals surface area contributed by atoms with Crippen LogP contribution in [0.15, 0.2) is 55.1 Å². The zero-order valence-corrected chi connectivity index (χ0v) is 15.8. The molecule has 0 saturated heterocycles. The number of aromatic nitrogens is 5. The molecule has 6 nitrogen and oxygen atoms in total. The number of rotatable bonds is 4. The van der Waals surface area contributed by atoms with Gasteiger partial charge in [0.2, 0.25) is 5.28 Å². The van der Waals surface area contributed by atoms with E-state index in [1.165, 1.54) is 0 Å². The Hall–Kier alpha value is -2.26. The Morgan fingerprint density at radius 2 is 2.00 bits per heavy atom. The van der Waals surface area contributed by atoms with Gasteiger partial charge in [-0.3, -0.25) is 4.40 Å². The van der Waals surface area contributed by atoms with Crippen molar-refractivity contribution in [1.82, 2.24) is 24.6 Å². The van der Waals surface area contributed by atoms with E-state index < -0.39 is 0 Å². The van der Waals surface area contributed by atoms with E-state index in [1.54, 1.807) is 12.5 Å². The van der Waals surface area contributed by atoms with Gasteiger partial charge in [-0.1, -0.05) is 24.3 Å². The standard InChI is InChI=1S/C17H12ClIN6/c18-17-21-9-14(19)15(23-17)20-8-11-3-5-12(6-4-11)13-2-1-7-25-10-22-24-16(13)25/h1-7,9-10H,8H2,(H,20,21,23). The Kier molecular flexibility index (Phi) is 4.50. The molecule has 4 rings (SSSR count). The summed E-state index contributed by atoms with van der Waals surface area (Å²) in [6, 6.07) is 12.4. The molecule has 0 bridgehead atoms. The SMILES string of the molecule is Clc1ncc(I)c(NCc2ccc(-c3cccn4cnnc34)cc2)n1. The van der Waals surface area contributed by atoms with Crippen molar-refractivity contribution in [3.63, 3.8) is 0 Å². The average molecular weight is 463 g/mol. The number of pyridine rings is 1. The van der Waals surface area contributed by atoms with Crippen molar-refractivity contribution < 1.29 is 0 Å².